The van der Waals surface area contributed by atoms with E-state index in [9.17, 15) is 4.79 Å². The molecule has 0 atom stereocenters. The van der Waals surface area contributed by atoms with Crippen LogP contribution in [0.15, 0.2) is 24.3 Å². The zero-order chi connectivity index (χ0) is 12.8. The number of hydrogen-bond donors (Lipinski definition) is 1. The molecule has 0 spiro atoms. The summed E-state index contributed by atoms with van der Waals surface area (Å²) in [6.07, 6.45) is 3.33. The second kappa shape index (κ2) is 6.09. The van der Waals surface area contributed by atoms with Gasteiger partial charge in [-0.25, -0.2) is 4.79 Å². The van der Waals surface area contributed by atoms with Gasteiger partial charge in [-0.3, -0.25) is 0 Å². The van der Waals surface area contributed by atoms with Gasteiger partial charge in [0, 0.05) is 6.08 Å². The molecule has 1 N–H and O–H groups in total. The summed E-state index contributed by atoms with van der Waals surface area (Å²) in [5, 5.41) is 8.41. The van der Waals surface area contributed by atoms with Gasteiger partial charge in [-0.15, -0.1) is 0 Å². The standard InChI is InChI=1S/C14H18O3/c1-10-8-12(3)13(9-11(10)2)17-7-5-4-6-14(15)16/h4,6,8-9H,5,7H2,1-3H3,(H,15,16)/b6-4+. The van der Waals surface area contributed by atoms with Gasteiger partial charge < -0.3 is 9.84 Å². The van der Waals surface area contributed by atoms with E-state index in [1.165, 1.54) is 11.1 Å². The summed E-state index contributed by atoms with van der Waals surface area (Å²) in [6, 6.07) is 4.11. The van der Waals surface area contributed by atoms with Crippen molar-refractivity contribution in [2.75, 3.05) is 6.61 Å². The lowest BCUT2D eigenvalue weighted by Crippen LogP contribution is -1.99. The van der Waals surface area contributed by atoms with Crippen molar-refractivity contribution in [2.24, 2.45) is 0 Å². The fourth-order valence-corrected chi connectivity index (χ4v) is 1.51. The van der Waals surface area contributed by atoms with E-state index in [1.807, 2.05) is 19.9 Å². The molecular weight excluding hydrogens is 216 g/mol. The predicted molar refractivity (Wildman–Crippen MR) is 67.5 cm³/mol. The molecule has 0 aliphatic carbocycles. The molecule has 0 fully saturated rings. The molecule has 0 unspecified atom stereocenters. The van der Waals surface area contributed by atoms with Crippen LogP contribution in [0.4, 0.5) is 0 Å². The largest absolute Gasteiger partial charge is 0.493 e. The summed E-state index contributed by atoms with van der Waals surface area (Å²) < 4.78 is 5.61. The van der Waals surface area contributed by atoms with Gasteiger partial charge in [-0.1, -0.05) is 12.1 Å². The van der Waals surface area contributed by atoms with Gasteiger partial charge in [0.05, 0.1) is 6.61 Å². The highest BCUT2D eigenvalue weighted by Crippen LogP contribution is 2.22. The molecule has 3 heteroatoms. The first-order chi connectivity index (χ1) is 8.00. The third-order valence-electron chi connectivity index (χ3n) is 2.59. The average Bonchev–Trinajstić information content (AvgIpc) is 2.24. The van der Waals surface area contributed by atoms with Crippen LogP contribution in [-0.2, 0) is 4.79 Å². The van der Waals surface area contributed by atoms with Crippen molar-refractivity contribution in [3.63, 3.8) is 0 Å². The number of benzene rings is 1. The molecule has 0 aromatic heterocycles. The summed E-state index contributed by atoms with van der Waals surface area (Å²) in [4.78, 5) is 10.2. The van der Waals surface area contributed by atoms with Crippen molar-refractivity contribution in [1.82, 2.24) is 0 Å². The fraction of sp³-hybridized carbons (Fsp3) is 0.357. The molecule has 17 heavy (non-hydrogen) atoms. The van der Waals surface area contributed by atoms with Gasteiger partial charge in [0.25, 0.3) is 0 Å². The highest BCUT2D eigenvalue weighted by molar-refractivity contribution is 5.79. The Hall–Kier alpha value is -1.77. The van der Waals surface area contributed by atoms with Crippen LogP contribution in [-0.4, -0.2) is 17.7 Å². The van der Waals surface area contributed by atoms with Crippen molar-refractivity contribution in [3.8, 4) is 5.75 Å². The van der Waals surface area contributed by atoms with Crippen LogP contribution in [0.5, 0.6) is 5.75 Å². The van der Waals surface area contributed by atoms with Crippen molar-refractivity contribution in [3.05, 3.63) is 41.0 Å². The molecule has 1 rings (SSSR count). The number of carboxylic acid groups (broad SMARTS) is 1. The van der Waals surface area contributed by atoms with Crippen LogP contribution in [0.1, 0.15) is 23.1 Å². The normalized spacial score (nSPS) is 10.8. The van der Waals surface area contributed by atoms with Crippen molar-refractivity contribution in [2.45, 2.75) is 27.2 Å². The predicted octanol–water partition coefficient (Wildman–Crippen LogP) is 3.02. The number of carbonyl (C=O) groups is 1. The molecule has 92 valence electrons. The number of hydrogen-bond acceptors (Lipinski definition) is 2. The monoisotopic (exact) mass is 234 g/mol. The maximum Gasteiger partial charge on any atom is 0.327 e. The third kappa shape index (κ3) is 4.31. The van der Waals surface area contributed by atoms with E-state index in [0.29, 0.717) is 13.0 Å². The summed E-state index contributed by atoms with van der Waals surface area (Å²) in [5.41, 5.74) is 3.56. The van der Waals surface area contributed by atoms with E-state index < -0.39 is 5.97 Å². The number of carboxylic acids is 1. The summed E-state index contributed by atoms with van der Waals surface area (Å²) in [5.74, 6) is -0.0517. The molecule has 0 amide bonds. The summed E-state index contributed by atoms with van der Waals surface area (Å²) in [6.45, 7) is 6.62. The second-order valence-electron chi connectivity index (χ2n) is 4.08. The molecule has 0 heterocycles. The molecule has 0 aliphatic heterocycles. The number of aryl methyl sites for hydroxylation is 3. The lowest BCUT2D eigenvalue weighted by Gasteiger charge is -2.10. The molecular formula is C14H18O3. The number of rotatable bonds is 5. The van der Waals surface area contributed by atoms with Gasteiger partial charge in [-0.2, -0.15) is 0 Å². The van der Waals surface area contributed by atoms with Crippen LogP contribution >= 0.6 is 0 Å². The first kappa shape index (κ1) is 13.3. The maximum atomic E-state index is 10.2. The smallest absolute Gasteiger partial charge is 0.327 e. The van der Waals surface area contributed by atoms with Crippen LogP contribution in [0.3, 0.4) is 0 Å². The van der Waals surface area contributed by atoms with Gasteiger partial charge in [-0.05, 0) is 49.9 Å². The molecule has 1 aromatic carbocycles. The van der Waals surface area contributed by atoms with Gasteiger partial charge in [0.1, 0.15) is 5.75 Å². The van der Waals surface area contributed by atoms with Crippen LogP contribution in [0.25, 0.3) is 0 Å². The minimum atomic E-state index is -0.924. The minimum absolute atomic E-state index is 0.493. The van der Waals surface area contributed by atoms with E-state index in [4.69, 9.17) is 9.84 Å². The quantitative estimate of drug-likeness (QED) is 0.629. The van der Waals surface area contributed by atoms with Gasteiger partial charge in [0.15, 0.2) is 0 Å². The molecule has 0 bridgehead atoms. The summed E-state index contributed by atoms with van der Waals surface area (Å²) >= 11 is 0. The Morgan fingerprint density at radius 2 is 1.88 bits per heavy atom. The Morgan fingerprint density at radius 1 is 1.24 bits per heavy atom. The van der Waals surface area contributed by atoms with Crippen molar-refractivity contribution >= 4 is 5.97 Å². The first-order valence-corrected chi connectivity index (χ1v) is 5.61. The Labute approximate surface area is 102 Å². The zero-order valence-electron chi connectivity index (χ0n) is 10.5. The number of ether oxygens (including phenoxy) is 1. The van der Waals surface area contributed by atoms with E-state index in [0.717, 1.165) is 17.4 Å². The van der Waals surface area contributed by atoms with Crippen molar-refractivity contribution in [1.29, 1.82) is 0 Å². The third-order valence-corrected chi connectivity index (χ3v) is 2.59. The van der Waals surface area contributed by atoms with Crippen LogP contribution in [0.2, 0.25) is 0 Å². The van der Waals surface area contributed by atoms with Crippen LogP contribution < -0.4 is 4.74 Å². The Morgan fingerprint density at radius 3 is 2.53 bits per heavy atom. The van der Waals surface area contributed by atoms with Gasteiger partial charge in [0.2, 0.25) is 0 Å². The van der Waals surface area contributed by atoms with E-state index in [-0.39, 0.29) is 0 Å². The SMILES string of the molecule is Cc1cc(C)c(OCC/C=C/C(=O)O)cc1C. The van der Waals surface area contributed by atoms with Crippen LogP contribution in [0, 0.1) is 20.8 Å². The molecule has 3 nitrogen and oxygen atoms in total. The molecule has 0 saturated heterocycles. The first-order valence-electron chi connectivity index (χ1n) is 5.61. The number of aliphatic carboxylic acids is 1. The van der Waals surface area contributed by atoms with E-state index >= 15 is 0 Å². The molecule has 0 saturated carbocycles. The lowest BCUT2D eigenvalue weighted by molar-refractivity contribution is -0.131. The molecule has 1 aromatic rings. The fourth-order valence-electron chi connectivity index (χ4n) is 1.51. The lowest BCUT2D eigenvalue weighted by atomic mass is 10.1. The topological polar surface area (TPSA) is 46.5 Å². The molecule has 0 radical (unpaired) electrons. The minimum Gasteiger partial charge on any atom is -0.493 e. The van der Waals surface area contributed by atoms with Crippen molar-refractivity contribution < 1.29 is 14.6 Å². The second-order valence-corrected chi connectivity index (χ2v) is 4.08. The Bertz CT molecular complexity index is 433. The van der Waals surface area contributed by atoms with E-state index in [2.05, 4.69) is 13.0 Å². The van der Waals surface area contributed by atoms with E-state index in [1.54, 1.807) is 6.08 Å². The Kier molecular flexibility index (Phi) is 4.76. The summed E-state index contributed by atoms with van der Waals surface area (Å²) in [7, 11) is 0. The zero-order valence-corrected chi connectivity index (χ0v) is 10.5. The highest BCUT2D eigenvalue weighted by atomic mass is 16.5. The highest BCUT2D eigenvalue weighted by Gasteiger charge is 2.02. The maximum absolute atomic E-state index is 10.2. The Balaban J connectivity index is 2.52. The average molecular weight is 234 g/mol. The van der Waals surface area contributed by atoms with Gasteiger partial charge >= 0.3 is 5.97 Å². The molecule has 0 aliphatic rings.